The van der Waals surface area contributed by atoms with Crippen LogP contribution in [0.3, 0.4) is 0 Å². The van der Waals surface area contributed by atoms with Crippen LogP contribution in [-0.4, -0.2) is 56.9 Å². The van der Waals surface area contributed by atoms with Gasteiger partial charge < -0.3 is 20.1 Å². The zero-order chi connectivity index (χ0) is 16.5. The zero-order valence-corrected chi connectivity index (χ0v) is 14.0. The molecule has 6 heteroatoms. The van der Waals surface area contributed by atoms with E-state index in [0.29, 0.717) is 13.2 Å². The van der Waals surface area contributed by atoms with Crippen LogP contribution in [0.4, 0.5) is 4.79 Å². The molecule has 1 aliphatic rings. The van der Waals surface area contributed by atoms with Crippen LogP contribution in [0.15, 0.2) is 24.3 Å². The molecule has 0 spiro atoms. The van der Waals surface area contributed by atoms with Crippen molar-refractivity contribution in [1.29, 1.82) is 0 Å². The maximum atomic E-state index is 12.0. The van der Waals surface area contributed by atoms with Gasteiger partial charge in [0, 0.05) is 26.2 Å². The second kappa shape index (κ2) is 9.37. The Balaban J connectivity index is 1.72. The molecule has 2 amide bonds. The van der Waals surface area contributed by atoms with Crippen molar-refractivity contribution in [3.8, 4) is 5.75 Å². The molecule has 1 fully saturated rings. The van der Waals surface area contributed by atoms with E-state index in [2.05, 4.69) is 15.5 Å². The second-order valence-corrected chi connectivity index (χ2v) is 5.58. The average Bonchev–Trinajstić information content (AvgIpc) is 2.56. The van der Waals surface area contributed by atoms with Gasteiger partial charge in [0.05, 0.1) is 25.9 Å². The van der Waals surface area contributed by atoms with Crippen molar-refractivity contribution in [3.05, 3.63) is 29.8 Å². The first-order valence-corrected chi connectivity index (χ1v) is 8.26. The molecular weight excluding hydrogens is 294 g/mol. The number of morpholine rings is 1. The zero-order valence-electron chi connectivity index (χ0n) is 14.0. The summed E-state index contributed by atoms with van der Waals surface area (Å²) in [6.45, 7) is 9.46. The highest BCUT2D eigenvalue weighted by Gasteiger charge is 2.12. The number of amides is 2. The Morgan fingerprint density at radius 1 is 1.39 bits per heavy atom. The van der Waals surface area contributed by atoms with Crippen LogP contribution in [0, 0.1) is 0 Å². The van der Waals surface area contributed by atoms with Gasteiger partial charge in [-0.1, -0.05) is 12.1 Å². The molecule has 1 aromatic rings. The SMILES string of the molecule is CCOc1cccc(C(C)NC(=O)NCCN2CCOCC2)c1. The summed E-state index contributed by atoms with van der Waals surface area (Å²) in [6, 6.07) is 7.59. The van der Waals surface area contributed by atoms with Crippen molar-refractivity contribution in [2.75, 3.05) is 46.0 Å². The Hall–Kier alpha value is -1.79. The molecule has 1 saturated heterocycles. The van der Waals surface area contributed by atoms with Gasteiger partial charge in [-0.3, -0.25) is 4.90 Å². The van der Waals surface area contributed by atoms with Crippen LogP contribution in [0.25, 0.3) is 0 Å². The van der Waals surface area contributed by atoms with Gasteiger partial charge >= 0.3 is 6.03 Å². The van der Waals surface area contributed by atoms with Gasteiger partial charge in [0.25, 0.3) is 0 Å². The monoisotopic (exact) mass is 321 g/mol. The van der Waals surface area contributed by atoms with Crippen molar-refractivity contribution in [3.63, 3.8) is 0 Å². The van der Waals surface area contributed by atoms with Crippen molar-refractivity contribution >= 4 is 6.03 Å². The van der Waals surface area contributed by atoms with Crippen molar-refractivity contribution < 1.29 is 14.3 Å². The third-order valence-electron chi connectivity index (χ3n) is 3.83. The van der Waals surface area contributed by atoms with Crippen LogP contribution in [0.5, 0.6) is 5.75 Å². The number of urea groups is 1. The minimum absolute atomic E-state index is 0.0706. The van der Waals surface area contributed by atoms with E-state index in [0.717, 1.165) is 44.2 Å². The fourth-order valence-electron chi connectivity index (χ4n) is 2.52. The van der Waals surface area contributed by atoms with Gasteiger partial charge in [0.15, 0.2) is 0 Å². The fourth-order valence-corrected chi connectivity index (χ4v) is 2.52. The van der Waals surface area contributed by atoms with E-state index in [1.165, 1.54) is 0 Å². The number of nitrogens with zero attached hydrogens (tertiary/aromatic N) is 1. The molecule has 0 saturated carbocycles. The Labute approximate surface area is 138 Å². The van der Waals surface area contributed by atoms with Crippen LogP contribution in [0.2, 0.25) is 0 Å². The van der Waals surface area contributed by atoms with Gasteiger partial charge in [0.1, 0.15) is 5.75 Å². The number of hydrogen-bond donors (Lipinski definition) is 2. The number of nitrogens with one attached hydrogen (secondary N) is 2. The Kier molecular flexibility index (Phi) is 7.16. The van der Waals surface area contributed by atoms with Crippen LogP contribution in [0.1, 0.15) is 25.5 Å². The van der Waals surface area contributed by atoms with Crippen LogP contribution in [-0.2, 0) is 4.74 Å². The molecule has 0 radical (unpaired) electrons. The lowest BCUT2D eigenvalue weighted by atomic mass is 10.1. The molecule has 1 aliphatic heterocycles. The predicted octanol–water partition coefficient (Wildman–Crippen LogP) is 1.78. The van der Waals surface area contributed by atoms with Crippen molar-refractivity contribution in [2.24, 2.45) is 0 Å². The molecular formula is C17H27N3O3. The molecule has 0 aliphatic carbocycles. The fraction of sp³-hybridized carbons (Fsp3) is 0.588. The third-order valence-corrected chi connectivity index (χ3v) is 3.83. The Bertz CT molecular complexity index is 490. The molecule has 0 bridgehead atoms. The summed E-state index contributed by atoms with van der Waals surface area (Å²) in [5.74, 6) is 0.825. The van der Waals surface area contributed by atoms with E-state index in [9.17, 15) is 4.79 Å². The molecule has 6 nitrogen and oxygen atoms in total. The topological polar surface area (TPSA) is 62.8 Å². The highest BCUT2D eigenvalue weighted by atomic mass is 16.5. The summed E-state index contributed by atoms with van der Waals surface area (Å²) in [6.07, 6.45) is 0. The number of ether oxygens (including phenoxy) is 2. The third kappa shape index (κ3) is 6.08. The van der Waals surface area contributed by atoms with Gasteiger partial charge in [-0.05, 0) is 31.5 Å². The summed E-state index contributed by atoms with van der Waals surface area (Å²) < 4.78 is 10.8. The Morgan fingerprint density at radius 3 is 2.91 bits per heavy atom. The number of carbonyl (C=O) groups excluding carboxylic acids is 1. The highest BCUT2D eigenvalue weighted by molar-refractivity contribution is 5.74. The Morgan fingerprint density at radius 2 is 2.17 bits per heavy atom. The first-order chi connectivity index (χ1) is 11.2. The number of hydrogen-bond acceptors (Lipinski definition) is 4. The molecule has 128 valence electrons. The molecule has 1 aromatic carbocycles. The maximum Gasteiger partial charge on any atom is 0.315 e. The minimum Gasteiger partial charge on any atom is -0.494 e. The number of rotatable bonds is 7. The molecule has 1 heterocycles. The van der Waals surface area contributed by atoms with Gasteiger partial charge in [-0.2, -0.15) is 0 Å². The lowest BCUT2D eigenvalue weighted by Gasteiger charge is -2.26. The quantitative estimate of drug-likeness (QED) is 0.803. The number of carbonyl (C=O) groups is 1. The van der Waals surface area contributed by atoms with Crippen LogP contribution < -0.4 is 15.4 Å². The van der Waals surface area contributed by atoms with Gasteiger partial charge in [-0.25, -0.2) is 4.79 Å². The molecule has 0 aromatic heterocycles. The predicted molar refractivity (Wildman–Crippen MR) is 89.8 cm³/mol. The molecule has 2 rings (SSSR count). The van der Waals surface area contributed by atoms with Gasteiger partial charge in [-0.15, -0.1) is 0 Å². The standard InChI is InChI=1S/C17H27N3O3/c1-3-23-16-6-4-5-15(13-16)14(2)19-17(21)18-7-8-20-9-11-22-12-10-20/h4-6,13-14H,3,7-12H2,1-2H3,(H2,18,19,21). The molecule has 23 heavy (non-hydrogen) atoms. The van der Waals surface area contributed by atoms with Crippen molar-refractivity contribution in [1.82, 2.24) is 15.5 Å². The van der Waals surface area contributed by atoms with E-state index in [1.54, 1.807) is 0 Å². The summed E-state index contributed by atoms with van der Waals surface area (Å²) in [4.78, 5) is 14.3. The average molecular weight is 321 g/mol. The first kappa shape index (κ1) is 17.6. The van der Waals surface area contributed by atoms with E-state index >= 15 is 0 Å². The normalized spacial score (nSPS) is 16.6. The van der Waals surface area contributed by atoms with Crippen molar-refractivity contribution in [2.45, 2.75) is 19.9 Å². The second-order valence-electron chi connectivity index (χ2n) is 5.58. The lowest BCUT2D eigenvalue weighted by molar-refractivity contribution is 0.0387. The minimum atomic E-state index is -0.146. The number of benzene rings is 1. The summed E-state index contributed by atoms with van der Waals surface area (Å²) >= 11 is 0. The smallest absolute Gasteiger partial charge is 0.315 e. The maximum absolute atomic E-state index is 12.0. The van der Waals surface area contributed by atoms with E-state index in [-0.39, 0.29) is 12.1 Å². The summed E-state index contributed by atoms with van der Waals surface area (Å²) in [5.41, 5.74) is 1.03. The van der Waals surface area contributed by atoms with E-state index in [4.69, 9.17) is 9.47 Å². The summed E-state index contributed by atoms with van der Waals surface area (Å²) in [5, 5.41) is 5.86. The first-order valence-electron chi connectivity index (χ1n) is 8.26. The highest BCUT2D eigenvalue weighted by Crippen LogP contribution is 2.18. The molecule has 2 N–H and O–H groups in total. The lowest BCUT2D eigenvalue weighted by Crippen LogP contribution is -2.44. The van der Waals surface area contributed by atoms with Crippen LogP contribution >= 0.6 is 0 Å². The van der Waals surface area contributed by atoms with Gasteiger partial charge in [0.2, 0.25) is 0 Å². The molecule has 1 atom stereocenters. The van der Waals surface area contributed by atoms with E-state index < -0.39 is 0 Å². The van der Waals surface area contributed by atoms with E-state index in [1.807, 2.05) is 38.1 Å². The summed E-state index contributed by atoms with van der Waals surface area (Å²) in [7, 11) is 0. The largest absolute Gasteiger partial charge is 0.494 e. The molecule has 1 unspecified atom stereocenters.